The molecule has 0 aliphatic rings. The molecular weight excluding hydrogens is 236 g/mol. The molecule has 1 N–H and O–H groups in total. The topological polar surface area (TPSA) is 29.5 Å². The highest BCUT2D eigenvalue weighted by atomic mass is 16.5. The lowest BCUT2D eigenvalue weighted by molar-refractivity contribution is 0.161. The minimum Gasteiger partial charge on any atom is -0.388 e. The largest absolute Gasteiger partial charge is 0.388 e. The summed E-state index contributed by atoms with van der Waals surface area (Å²) in [6.45, 7) is 2.59. The average Bonchev–Trinajstić information content (AvgIpc) is 2.39. The van der Waals surface area contributed by atoms with E-state index >= 15 is 0 Å². The molecule has 2 heteroatoms. The van der Waals surface area contributed by atoms with Gasteiger partial charge in [-0.2, -0.15) is 0 Å². The van der Waals surface area contributed by atoms with E-state index in [2.05, 4.69) is 25.1 Å². The van der Waals surface area contributed by atoms with Crippen LogP contribution < -0.4 is 0 Å². The molecule has 0 bridgehead atoms. The van der Waals surface area contributed by atoms with Crippen molar-refractivity contribution >= 4 is 0 Å². The fourth-order valence-corrected chi connectivity index (χ4v) is 2.32. The van der Waals surface area contributed by atoms with Crippen LogP contribution in [0.15, 0.2) is 48.5 Å². The number of ether oxygens (including phenoxy) is 1. The summed E-state index contributed by atoms with van der Waals surface area (Å²) in [5.74, 6) is 0. The molecule has 0 saturated heterocycles. The Kier molecular flexibility index (Phi) is 4.72. The summed E-state index contributed by atoms with van der Waals surface area (Å²) in [4.78, 5) is 0. The van der Waals surface area contributed by atoms with Gasteiger partial charge in [-0.25, -0.2) is 0 Å². The van der Waals surface area contributed by atoms with Crippen molar-refractivity contribution in [3.05, 3.63) is 70.8 Å². The number of aliphatic hydroxyl groups excluding tert-OH is 1. The molecule has 19 heavy (non-hydrogen) atoms. The quantitative estimate of drug-likeness (QED) is 0.888. The maximum Gasteiger partial charge on any atom is 0.0833 e. The number of rotatable bonds is 5. The lowest BCUT2D eigenvalue weighted by Gasteiger charge is -2.15. The number of hydrogen-bond donors (Lipinski definition) is 1. The van der Waals surface area contributed by atoms with Crippen LogP contribution in [-0.2, 0) is 17.8 Å². The van der Waals surface area contributed by atoms with Crippen molar-refractivity contribution in [2.45, 2.75) is 26.1 Å². The predicted octanol–water partition coefficient (Wildman–Crippen LogP) is 3.42. The predicted molar refractivity (Wildman–Crippen MR) is 77.0 cm³/mol. The second-order valence-corrected chi connectivity index (χ2v) is 4.84. The maximum atomic E-state index is 10.4. The van der Waals surface area contributed by atoms with Crippen LogP contribution in [0.3, 0.4) is 0 Å². The van der Waals surface area contributed by atoms with Gasteiger partial charge in [-0.15, -0.1) is 0 Å². The fourth-order valence-electron chi connectivity index (χ4n) is 2.32. The van der Waals surface area contributed by atoms with E-state index in [-0.39, 0.29) is 0 Å². The summed E-state index contributed by atoms with van der Waals surface area (Å²) < 4.78 is 5.18. The van der Waals surface area contributed by atoms with E-state index in [4.69, 9.17) is 4.74 Å². The van der Waals surface area contributed by atoms with Gasteiger partial charge in [0.15, 0.2) is 0 Å². The molecule has 0 radical (unpaired) electrons. The molecule has 1 atom stereocenters. The van der Waals surface area contributed by atoms with E-state index in [1.807, 2.05) is 30.3 Å². The number of methoxy groups -OCH3 is 1. The Morgan fingerprint density at radius 2 is 1.89 bits per heavy atom. The van der Waals surface area contributed by atoms with Crippen LogP contribution >= 0.6 is 0 Å². The first-order chi connectivity index (χ1) is 9.20. The lowest BCUT2D eigenvalue weighted by Crippen LogP contribution is -2.06. The Hall–Kier alpha value is -1.64. The SMILES string of the molecule is COCc1ccccc1C(O)Cc1cccc(C)c1. The second kappa shape index (κ2) is 6.50. The molecule has 0 heterocycles. The molecule has 2 rings (SSSR count). The molecule has 0 saturated carbocycles. The first kappa shape index (κ1) is 13.8. The van der Waals surface area contributed by atoms with Gasteiger partial charge < -0.3 is 9.84 Å². The summed E-state index contributed by atoms with van der Waals surface area (Å²) in [6, 6.07) is 16.1. The molecule has 2 aromatic rings. The van der Waals surface area contributed by atoms with Crippen molar-refractivity contribution in [3.63, 3.8) is 0 Å². The number of aliphatic hydroxyl groups is 1. The van der Waals surface area contributed by atoms with E-state index in [0.29, 0.717) is 13.0 Å². The van der Waals surface area contributed by atoms with E-state index in [9.17, 15) is 5.11 Å². The Morgan fingerprint density at radius 3 is 2.63 bits per heavy atom. The van der Waals surface area contributed by atoms with E-state index in [0.717, 1.165) is 16.7 Å². The second-order valence-electron chi connectivity index (χ2n) is 4.84. The highest BCUT2D eigenvalue weighted by molar-refractivity contribution is 5.31. The number of aryl methyl sites for hydroxylation is 1. The van der Waals surface area contributed by atoms with Gasteiger partial charge in [-0.1, -0.05) is 54.1 Å². The van der Waals surface area contributed by atoms with Crippen LogP contribution in [-0.4, -0.2) is 12.2 Å². The average molecular weight is 256 g/mol. The molecule has 0 spiro atoms. The van der Waals surface area contributed by atoms with Gasteiger partial charge in [0, 0.05) is 13.5 Å². The van der Waals surface area contributed by atoms with Crippen molar-refractivity contribution in [1.82, 2.24) is 0 Å². The van der Waals surface area contributed by atoms with E-state index in [1.54, 1.807) is 7.11 Å². The van der Waals surface area contributed by atoms with Crippen LogP contribution in [0.1, 0.15) is 28.4 Å². The number of hydrogen-bond acceptors (Lipinski definition) is 2. The van der Waals surface area contributed by atoms with Gasteiger partial charge in [0.05, 0.1) is 12.7 Å². The Bertz CT molecular complexity index is 534. The van der Waals surface area contributed by atoms with Crippen LogP contribution in [0.25, 0.3) is 0 Å². The highest BCUT2D eigenvalue weighted by Crippen LogP contribution is 2.22. The van der Waals surface area contributed by atoms with Crippen molar-refractivity contribution in [1.29, 1.82) is 0 Å². The van der Waals surface area contributed by atoms with Gasteiger partial charge in [0.2, 0.25) is 0 Å². The molecule has 1 unspecified atom stereocenters. The zero-order chi connectivity index (χ0) is 13.7. The number of benzene rings is 2. The molecule has 0 fully saturated rings. The van der Waals surface area contributed by atoms with Crippen LogP contribution in [0.4, 0.5) is 0 Å². The Balaban J connectivity index is 2.17. The summed E-state index contributed by atoms with van der Waals surface area (Å²) in [7, 11) is 1.67. The minimum atomic E-state index is -0.492. The normalized spacial score (nSPS) is 12.4. The fraction of sp³-hybridized carbons (Fsp3) is 0.294. The molecule has 0 aromatic heterocycles. The zero-order valence-corrected chi connectivity index (χ0v) is 11.5. The summed E-state index contributed by atoms with van der Waals surface area (Å²) in [5.41, 5.74) is 4.37. The molecule has 100 valence electrons. The maximum absolute atomic E-state index is 10.4. The molecule has 0 aliphatic heterocycles. The molecule has 2 nitrogen and oxygen atoms in total. The lowest BCUT2D eigenvalue weighted by atomic mass is 9.97. The van der Waals surface area contributed by atoms with Gasteiger partial charge in [0.1, 0.15) is 0 Å². The van der Waals surface area contributed by atoms with Crippen LogP contribution in [0, 0.1) is 6.92 Å². The van der Waals surface area contributed by atoms with Gasteiger partial charge >= 0.3 is 0 Å². The van der Waals surface area contributed by atoms with Gasteiger partial charge in [-0.05, 0) is 23.6 Å². The summed E-state index contributed by atoms with van der Waals surface area (Å²) in [5, 5.41) is 10.4. The third kappa shape index (κ3) is 3.66. The van der Waals surface area contributed by atoms with Crippen molar-refractivity contribution in [2.24, 2.45) is 0 Å². The van der Waals surface area contributed by atoms with Crippen molar-refractivity contribution < 1.29 is 9.84 Å². The van der Waals surface area contributed by atoms with E-state index in [1.165, 1.54) is 5.56 Å². The third-order valence-corrected chi connectivity index (χ3v) is 3.23. The standard InChI is InChI=1S/C17H20O2/c1-13-6-5-7-14(10-13)11-17(18)16-9-4-3-8-15(16)12-19-2/h3-10,17-18H,11-12H2,1-2H3. The molecule has 0 amide bonds. The monoisotopic (exact) mass is 256 g/mol. The highest BCUT2D eigenvalue weighted by Gasteiger charge is 2.12. The molecule has 2 aromatic carbocycles. The van der Waals surface area contributed by atoms with Crippen molar-refractivity contribution in [3.8, 4) is 0 Å². The van der Waals surface area contributed by atoms with E-state index < -0.39 is 6.10 Å². The first-order valence-corrected chi connectivity index (χ1v) is 6.51. The van der Waals surface area contributed by atoms with Crippen LogP contribution in [0.5, 0.6) is 0 Å². The Labute approximate surface area is 114 Å². The minimum absolute atomic E-state index is 0.492. The molecular formula is C17H20O2. The van der Waals surface area contributed by atoms with Crippen LogP contribution in [0.2, 0.25) is 0 Å². The summed E-state index contributed by atoms with van der Waals surface area (Å²) >= 11 is 0. The molecule has 0 aliphatic carbocycles. The zero-order valence-electron chi connectivity index (χ0n) is 11.5. The van der Waals surface area contributed by atoms with Gasteiger partial charge in [-0.3, -0.25) is 0 Å². The first-order valence-electron chi connectivity index (χ1n) is 6.51. The smallest absolute Gasteiger partial charge is 0.0833 e. The van der Waals surface area contributed by atoms with Gasteiger partial charge in [0.25, 0.3) is 0 Å². The third-order valence-electron chi connectivity index (χ3n) is 3.23. The Morgan fingerprint density at radius 1 is 1.11 bits per heavy atom. The summed E-state index contributed by atoms with van der Waals surface area (Å²) in [6.07, 6.45) is 0.135. The van der Waals surface area contributed by atoms with Crippen molar-refractivity contribution in [2.75, 3.05) is 7.11 Å².